The van der Waals surface area contributed by atoms with Crippen molar-refractivity contribution < 1.29 is 19.1 Å². The van der Waals surface area contributed by atoms with Crippen molar-refractivity contribution in [1.29, 1.82) is 0 Å². The lowest BCUT2D eigenvalue weighted by molar-refractivity contribution is -0.128. The zero-order valence-corrected chi connectivity index (χ0v) is 12.8. The average Bonchev–Trinajstić information content (AvgIpc) is 3.30. The van der Waals surface area contributed by atoms with Gasteiger partial charge >= 0.3 is 0 Å². The van der Waals surface area contributed by atoms with E-state index in [-0.39, 0.29) is 17.9 Å². The Balaban J connectivity index is 1.68. The predicted molar refractivity (Wildman–Crippen MR) is 80.2 cm³/mol. The maximum absolute atomic E-state index is 12.4. The fourth-order valence-corrected chi connectivity index (χ4v) is 2.77. The van der Waals surface area contributed by atoms with Crippen LogP contribution in [0.4, 0.5) is 0 Å². The Hall–Kier alpha value is -2.24. The second-order valence-corrected chi connectivity index (χ2v) is 5.75. The number of carbonyl (C=O) groups excluding carboxylic acids is 2. The van der Waals surface area contributed by atoms with Crippen LogP contribution in [0.15, 0.2) is 18.2 Å². The molecule has 22 heavy (non-hydrogen) atoms. The van der Waals surface area contributed by atoms with Gasteiger partial charge in [-0.1, -0.05) is 0 Å². The molecule has 1 N–H and O–H groups in total. The lowest BCUT2D eigenvalue weighted by Gasteiger charge is -2.16. The van der Waals surface area contributed by atoms with Gasteiger partial charge in [-0.3, -0.25) is 9.59 Å². The van der Waals surface area contributed by atoms with Gasteiger partial charge in [0.15, 0.2) is 0 Å². The molecule has 1 saturated carbocycles. The van der Waals surface area contributed by atoms with E-state index in [9.17, 15) is 9.59 Å². The van der Waals surface area contributed by atoms with E-state index in [0.717, 1.165) is 12.8 Å². The average molecular weight is 304 g/mol. The lowest BCUT2D eigenvalue weighted by Crippen LogP contribution is -2.37. The van der Waals surface area contributed by atoms with E-state index in [1.807, 2.05) is 4.90 Å². The number of likely N-dealkylation sites (tertiary alicyclic amines) is 1. The van der Waals surface area contributed by atoms with Gasteiger partial charge in [0.05, 0.1) is 20.3 Å². The Bertz CT molecular complexity index is 576. The summed E-state index contributed by atoms with van der Waals surface area (Å²) in [4.78, 5) is 26.2. The van der Waals surface area contributed by atoms with Gasteiger partial charge in [0.2, 0.25) is 5.91 Å². The van der Waals surface area contributed by atoms with Crippen LogP contribution in [0.3, 0.4) is 0 Å². The van der Waals surface area contributed by atoms with E-state index >= 15 is 0 Å². The summed E-state index contributed by atoms with van der Waals surface area (Å²) < 4.78 is 10.3. The van der Waals surface area contributed by atoms with Crippen LogP contribution in [-0.4, -0.2) is 49.6 Å². The third-order valence-corrected chi connectivity index (χ3v) is 4.09. The number of ether oxygens (including phenoxy) is 2. The number of hydrogen-bond donors (Lipinski definition) is 1. The lowest BCUT2D eigenvalue weighted by atomic mass is 10.1. The molecule has 0 bridgehead atoms. The van der Waals surface area contributed by atoms with Crippen molar-refractivity contribution in [1.82, 2.24) is 10.2 Å². The van der Waals surface area contributed by atoms with Gasteiger partial charge in [-0.15, -0.1) is 0 Å². The van der Waals surface area contributed by atoms with Gasteiger partial charge in [0, 0.05) is 30.6 Å². The number of nitrogens with one attached hydrogen (secondary N) is 1. The highest BCUT2D eigenvalue weighted by Gasteiger charge is 2.39. The highest BCUT2D eigenvalue weighted by molar-refractivity contribution is 5.96. The summed E-state index contributed by atoms with van der Waals surface area (Å²) in [5.41, 5.74) is 0.466. The molecule has 1 heterocycles. The summed E-state index contributed by atoms with van der Waals surface area (Å²) in [6, 6.07) is 5.30. The molecule has 1 aliphatic heterocycles. The monoisotopic (exact) mass is 304 g/mol. The van der Waals surface area contributed by atoms with Gasteiger partial charge in [-0.25, -0.2) is 0 Å². The van der Waals surface area contributed by atoms with E-state index in [0.29, 0.717) is 36.1 Å². The molecule has 1 aliphatic carbocycles. The highest BCUT2D eigenvalue weighted by atomic mass is 16.5. The number of benzene rings is 1. The van der Waals surface area contributed by atoms with Crippen LogP contribution in [0.25, 0.3) is 0 Å². The molecule has 6 nitrogen and oxygen atoms in total. The molecule has 0 radical (unpaired) electrons. The SMILES string of the molecule is COc1cc(OC)cc(C(=O)NC2CC(=O)N(C3CC3)C2)c1. The molecular weight excluding hydrogens is 284 g/mol. The van der Waals surface area contributed by atoms with Crippen LogP contribution in [-0.2, 0) is 4.79 Å². The van der Waals surface area contributed by atoms with Gasteiger partial charge in [0.1, 0.15) is 11.5 Å². The van der Waals surface area contributed by atoms with E-state index in [4.69, 9.17) is 9.47 Å². The minimum atomic E-state index is -0.215. The molecule has 1 aromatic carbocycles. The molecule has 3 rings (SSSR count). The van der Waals surface area contributed by atoms with Gasteiger partial charge in [-0.05, 0) is 25.0 Å². The highest BCUT2D eigenvalue weighted by Crippen LogP contribution is 2.30. The van der Waals surface area contributed by atoms with Crippen LogP contribution in [0.5, 0.6) is 11.5 Å². The van der Waals surface area contributed by atoms with Crippen molar-refractivity contribution in [2.45, 2.75) is 31.3 Å². The smallest absolute Gasteiger partial charge is 0.251 e. The molecule has 1 saturated heterocycles. The van der Waals surface area contributed by atoms with Crippen LogP contribution < -0.4 is 14.8 Å². The molecule has 1 atom stereocenters. The van der Waals surface area contributed by atoms with Gasteiger partial charge in [0.25, 0.3) is 5.91 Å². The molecule has 6 heteroatoms. The largest absolute Gasteiger partial charge is 0.497 e. The fourth-order valence-electron chi connectivity index (χ4n) is 2.77. The van der Waals surface area contributed by atoms with Crippen molar-refractivity contribution in [2.75, 3.05) is 20.8 Å². The molecule has 118 valence electrons. The van der Waals surface area contributed by atoms with Crippen LogP contribution in [0.1, 0.15) is 29.6 Å². The topological polar surface area (TPSA) is 67.9 Å². The van der Waals surface area contributed by atoms with E-state index in [2.05, 4.69) is 5.32 Å². The summed E-state index contributed by atoms with van der Waals surface area (Å²) >= 11 is 0. The zero-order valence-electron chi connectivity index (χ0n) is 12.8. The van der Waals surface area contributed by atoms with E-state index in [1.54, 1.807) is 32.4 Å². The Morgan fingerprint density at radius 2 is 1.82 bits per heavy atom. The zero-order chi connectivity index (χ0) is 15.7. The van der Waals surface area contributed by atoms with Gasteiger partial charge in [-0.2, -0.15) is 0 Å². The molecule has 0 spiro atoms. The van der Waals surface area contributed by atoms with Crippen molar-refractivity contribution in [3.05, 3.63) is 23.8 Å². The number of carbonyl (C=O) groups is 2. The quantitative estimate of drug-likeness (QED) is 0.887. The third-order valence-electron chi connectivity index (χ3n) is 4.09. The van der Waals surface area contributed by atoms with Crippen molar-refractivity contribution in [2.24, 2.45) is 0 Å². The Morgan fingerprint density at radius 3 is 2.36 bits per heavy atom. The third kappa shape index (κ3) is 3.00. The van der Waals surface area contributed by atoms with Crippen LogP contribution >= 0.6 is 0 Å². The first kappa shape index (κ1) is 14.7. The summed E-state index contributed by atoms with van der Waals surface area (Å²) in [5, 5.41) is 2.93. The standard InChI is InChI=1S/C16H20N2O4/c1-21-13-5-10(6-14(8-13)22-2)16(20)17-11-7-15(19)18(9-11)12-3-4-12/h5-6,8,11-12H,3-4,7,9H2,1-2H3,(H,17,20). The Kier molecular flexibility index (Phi) is 3.92. The molecule has 2 aliphatic rings. The number of methoxy groups -OCH3 is 2. The molecule has 0 aromatic heterocycles. The maximum atomic E-state index is 12.4. The fraction of sp³-hybridized carbons (Fsp3) is 0.500. The predicted octanol–water partition coefficient (Wildman–Crippen LogP) is 1.20. The van der Waals surface area contributed by atoms with Gasteiger partial charge < -0.3 is 19.7 Å². The summed E-state index contributed by atoms with van der Waals surface area (Å²) in [6.45, 7) is 0.607. The Labute approximate surface area is 129 Å². The number of nitrogens with zero attached hydrogens (tertiary/aromatic N) is 1. The van der Waals surface area contributed by atoms with Crippen LogP contribution in [0, 0.1) is 0 Å². The second-order valence-electron chi connectivity index (χ2n) is 5.75. The maximum Gasteiger partial charge on any atom is 0.251 e. The van der Waals surface area contributed by atoms with Crippen LogP contribution in [0.2, 0.25) is 0 Å². The summed E-state index contributed by atoms with van der Waals surface area (Å²) in [5.74, 6) is 1.04. The van der Waals surface area contributed by atoms with E-state index < -0.39 is 0 Å². The number of hydrogen-bond acceptors (Lipinski definition) is 4. The first-order valence-corrected chi connectivity index (χ1v) is 7.44. The number of rotatable bonds is 5. The van der Waals surface area contributed by atoms with E-state index in [1.165, 1.54) is 0 Å². The first-order chi connectivity index (χ1) is 10.6. The molecule has 2 fully saturated rings. The summed E-state index contributed by atoms with van der Waals surface area (Å²) in [6.07, 6.45) is 2.54. The normalized spacial score (nSPS) is 20.9. The second kappa shape index (κ2) is 5.87. The first-order valence-electron chi connectivity index (χ1n) is 7.44. The molecular formula is C16H20N2O4. The number of amides is 2. The summed E-state index contributed by atoms with van der Waals surface area (Å²) in [7, 11) is 3.08. The van der Waals surface area contributed by atoms with Crippen molar-refractivity contribution in [3.8, 4) is 11.5 Å². The minimum Gasteiger partial charge on any atom is -0.497 e. The Morgan fingerprint density at radius 1 is 1.18 bits per heavy atom. The van der Waals surface area contributed by atoms with Crippen molar-refractivity contribution in [3.63, 3.8) is 0 Å². The molecule has 1 aromatic rings. The minimum absolute atomic E-state index is 0.127. The molecule has 2 amide bonds. The molecule has 1 unspecified atom stereocenters. The van der Waals surface area contributed by atoms with Crippen molar-refractivity contribution >= 4 is 11.8 Å².